The highest BCUT2D eigenvalue weighted by Crippen LogP contribution is 2.25. The molecule has 0 fully saturated rings. The lowest BCUT2D eigenvalue weighted by Gasteiger charge is -2.18. The topological polar surface area (TPSA) is 95.6 Å². The minimum atomic E-state index is -0.317. The summed E-state index contributed by atoms with van der Waals surface area (Å²) in [5, 5.41) is 14.7. The van der Waals surface area contributed by atoms with Crippen molar-refractivity contribution < 1.29 is 5.11 Å². The van der Waals surface area contributed by atoms with Gasteiger partial charge in [-0.1, -0.05) is 44.2 Å². The van der Waals surface area contributed by atoms with Gasteiger partial charge in [0.15, 0.2) is 11.1 Å². The minimum Gasteiger partial charge on any atom is -0.493 e. The average Bonchev–Trinajstić information content (AvgIpc) is 3.17. The fraction of sp³-hybridized carbons (Fsp3) is 0.200. The number of H-pyrrole nitrogens is 1. The molecule has 4 aromatic rings. The molecule has 2 N–H and O–H groups in total. The van der Waals surface area contributed by atoms with Crippen LogP contribution in [0.1, 0.15) is 31.2 Å². The maximum Gasteiger partial charge on any atom is 0.307 e. The predicted molar refractivity (Wildman–Crippen MR) is 109 cm³/mol. The Bertz CT molecular complexity index is 1340. The fourth-order valence-corrected chi connectivity index (χ4v) is 3.47. The molecule has 0 aliphatic rings. The molecule has 7 nitrogen and oxygen atoms in total. The minimum absolute atomic E-state index is 0.0383. The molecule has 0 radical (unpaired) electrons. The number of thiazole rings is 1. The van der Waals surface area contributed by atoms with Gasteiger partial charge in [-0.15, -0.1) is 0 Å². The van der Waals surface area contributed by atoms with Crippen molar-refractivity contribution in [2.24, 2.45) is 4.99 Å². The monoisotopic (exact) mass is 393 g/mol. The molecule has 142 valence electrons. The summed E-state index contributed by atoms with van der Waals surface area (Å²) < 4.78 is 1.63. The van der Waals surface area contributed by atoms with Crippen LogP contribution in [0.3, 0.4) is 0 Å². The van der Waals surface area contributed by atoms with E-state index < -0.39 is 0 Å². The molecule has 0 amide bonds. The van der Waals surface area contributed by atoms with E-state index in [9.17, 15) is 9.90 Å². The average molecular weight is 393 g/mol. The lowest BCUT2D eigenvalue weighted by atomic mass is 9.87. The van der Waals surface area contributed by atoms with Gasteiger partial charge in [0, 0.05) is 17.5 Å². The van der Waals surface area contributed by atoms with E-state index in [1.54, 1.807) is 29.1 Å². The molecular formula is C20H19N5O2S. The first-order valence-electron chi connectivity index (χ1n) is 8.73. The van der Waals surface area contributed by atoms with Crippen LogP contribution < -0.4 is 15.6 Å². The third kappa shape index (κ3) is 3.59. The molecule has 0 aliphatic heterocycles. The van der Waals surface area contributed by atoms with Crippen LogP contribution in [-0.4, -0.2) is 24.7 Å². The zero-order valence-corrected chi connectivity index (χ0v) is 16.5. The largest absolute Gasteiger partial charge is 0.493 e. The lowest BCUT2D eigenvalue weighted by Crippen LogP contribution is -2.13. The van der Waals surface area contributed by atoms with Gasteiger partial charge in [0.25, 0.3) is 0 Å². The van der Waals surface area contributed by atoms with Gasteiger partial charge in [0.2, 0.25) is 5.88 Å². The standard InChI is InChI=1S/C20H19N5O2S/c1-20(2,3)13-5-4-6-14(10-13)22-16-7-8-25-17(23-16)12(11-21-25)9-15-18(26)24-19(27)28-15/h4-11,26H,1-3H3,(H,24,27)/b12-9+,22-16?. The van der Waals surface area contributed by atoms with Crippen molar-refractivity contribution in [2.45, 2.75) is 26.2 Å². The quantitative estimate of drug-likeness (QED) is 0.546. The molecule has 28 heavy (non-hydrogen) atoms. The zero-order chi connectivity index (χ0) is 19.9. The van der Waals surface area contributed by atoms with Crippen molar-refractivity contribution >= 4 is 28.7 Å². The number of hydrogen-bond donors (Lipinski definition) is 2. The number of aromatic hydroxyl groups is 1. The van der Waals surface area contributed by atoms with Crippen molar-refractivity contribution in [2.75, 3.05) is 0 Å². The van der Waals surface area contributed by atoms with Crippen LogP contribution in [0.15, 0.2) is 52.5 Å². The first kappa shape index (κ1) is 18.1. The number of rotatable bonds is 2. The van der Waals surface area contributed by atoms with E-state index in [2.05, 4.69) is 53.0 Å². The Kier molecular flexibility index (Phi) is 4.35. The van der Waals surface area contributed by atoms with Gasteiger partial charge in [-0.3, -0.25) is 9.78 Å². The summed E-state index contributed by atoms with van der Waals surface area (Å²) in [7, 11) is 0. The third-order valence-electron chi connectivity index (χ3n) is 4.28. The molecule has 8 heteroatoms. The van der Waals surface area contributed by atoms with Crippen LogP contribution in [0.25, 0.3) is 11.7 Å². The van der Waals surface area contributed by atoms with Gasteiger partial charge in [0.1, 0.15) is 0 Å². The van der Waals surface area contributed by atoms with E-state index in [1.807, 2.05) is 12.1 Å². The first-order chi connectivity index (χ1) is 13.3. The Labute approximate surface area is 164 Å². The highest BCUT2D eigenvalue weighted by molar-refractivity contribution is 7.10. The van der Waals surface area contributed by atoms with E-state index in [-0.39, 0.29) is 16.2 Å². The molecule has 0 aliphatic carbocycles. The highest BCUT2D eigenvalue weighted by Gasteiger charge is 2.13. The fourth-order valence-electron chi connectivity index (χ4n) is 2.79. The molecule has 4 rings (SSSR count). The second-order valence-electron chi connectivity index (χ2n) is 7.44. The molecule has 3 aromatic heterocycles. The van der Waals surface area contributed by atoms with Crippen LogP contribution in [-0.2, 0) is 5.41 Å². The van der Waals surface area contributed by atoms with Gasteiger partial charge >= 0.3 is 4.87 Å². The first-order valence-corrected chi connectivity index (χ1v) is 9.55. The Morgan fingerprint density at radius 2 is 2.11 bits per heavy atom. The number of benzene rings is 1. The van der Waals surface area contributed by atoms with E-state index >= 15 is 0 Å². The number of nitrogens with zero attached hydrogens (tertiary/aromatic N) is 4. The summed E-state index contributed by atoms with van der Waals surface area (Å²) in [5.74, 6) is -0.158. The Morgan fingerprint density at radius 3 is 2.82 bits per heavy atom. The van der Waals surface area contributed by atoms with Crippen molar-refractivity contribution in [1.82, 2.24) is 19.6 Å². The van der Waals surface area contributed by atoms with Gasteiger partial charge < -0.3 is 5.11 Å². The van der Waals surface area contributed by atoms with Gasteiger partial charge in [0.05, 0.1) is 16.8 Å². The third-order valence-corrected chi connectivity index (χ3v) is 5.10. The number of hydrogen-bond acceptors (Lipinski definition) is 6. The molecular weight excluding hydrogens is 374 g/mol. The maximum atomic E-state index is 11.4. The Balaban J connectivity index is 1.83. The second-order valence-corrected chi connectivity index (χ2v) is 8.45. The van der Waals surface area contributed by atoms with Crippen molar-refractivity contribution in [3.8, 4) is 5.88 Å². The molecule has 0 unspecified atom stereocenters. The zero-order valence-electron chi connectivity index (χ0n) is 15.7. The van der Waals surface area contributed by atoms with E-state index in [0.29, 0.717) is 21.2 Å². The summed E-state index contributed by atoms with van der Waals surface area (Å²) in [6, 6.07) is 9.88. The van der Waals surface area contributed by atoms with E-state index in [1.165, 1.54) is 5.56 Å². The Hall–Kier alpha value is -3.26. The van der Waals surface area contributed by atoms with Crippen LogP contribution >= 0.6 is 11.3 Å². The van der Waals surface area contributed by atoms with E-state index in [0.717, 1.165) is 17.0 Å². The summed E-state index contributed by atoms with van der Waals surface area (Å²) >= 11 is 0.927. The summed E-state index contributed by atoms with van der Waals surface area (Å²) in [5.41, 5.74) is 3.21. The molecule has 0 atom stereocenters. The smallest absolute Gasteiger partial charge is 0.307 e. The lowest BCUT2D eigenvalue weighted by molar-refractivity contribution is 0.455. The van der Waals surface area contributed by atoms with Crippen LogP contribution in [0.5, 0.6) is 5.88 Å². The van der Waals surface area contributed by atoms with Gasteiger partial charge in [-0.25, -0.2) is 14.5 Å². The summed E-state index contributed by atoms with van der Waals surface area (Å²) in [4.78, 5) is 23.1. The van der Waals surface area contributed by atoms with Crippen LogP contribution in [0.4, 0.5) is 5.69 Å². The van der Waals surface area contributed by atoms with Gasteiger partial charge in [-0.05, 0) is 29.2 Å². The van der Waals surface area contributed by atoms with Crippen LogP contribution in [0.2, 0.25) is 0 Å². The van der Waals surface area contributed by atoms with E-state index in [4.69, 9.17) is 0 Å². The predicted octanol–water partition coefficient (Wildman–Crippen LogP) is 2.26. The molecule has 0 saturated heterocycles. The number of aromatic nitrogens is 4. The van der Waals surface area contributed by atoms with Crippen LogP contribution in [0, 0.1) is 0 Å². The van der Waals surface area contributed by atoms with Crippen molar-refractivity contribution in [3.05, 3.63) is 73.5 Å². The highest BCUT2D eigenvalue weighted by atomic mass is 32.1. The number of aromatic amines is 1. The Morgan fingerprint density at radius 1 is 1.29 bits per heavy atom. The summed E-state index contributed by atoms with van der Waals surface area (Å²) in [6.07, 6.45) is 5.10. The SMILES string of the molecule is CC(C)(C)c1cccc(N=c2ccn3nc/c(=C\c4sc(=O)[nH]c4O)c3n2)c1. The molecule has 0 bridgehead atoms. The maximum absolute atomic E-state index is 11.4. The van der Waals surface area contributed by atoms with Crippen molar-refractivity contribution in [3.63, 3.8) is 0 Å². The molecule has 0 saturated carbocycles. The molecule has 1 aromatic carbocycles. The molecule has 0 spiro atoms. The summed E-state index contributed by atoms with van der Waals surface area (Å²) in [6.45, 7) is 6.49. The van der Waals surface area contributed by atoms with Crippen molar-refractivity contribution in [1.29, 1.82) is 0 Å². The van der Waals surface area contributed by atoms with Gasteiger partial charge in [-0.2, -0.15) is 5.10 Å². The second kappa shape index (κ2) is 6.72. The normalized spacial score (nSPS) is 13.5. The molecule has 3 heterocycles. The number of fused-ring (bicyclic) bond motifs is 1. The number of nitrogens with one attached hydrogen (secondary N) is 1.